The van der Waals surface area contributed by atoms with Gasteiger partial charge in [0, 0.05) is 17.4 Å². The van der Waals surface area contributed by atoms with Crippen LogP contribution in [-0.4, -0.2) is 24.2 Å². The van der Waals surface area contributed by atoms with E-state index in [1.54, 1.807) is 18.2 Å². The number of anilines is 1. The fourth-order valence-corrected chi connectivity index (χ4v) is 4.86. The minimum atomic E-state index is -0.354. The van der Waals surface area contributed by atoms with Gasteiger partial charge in [0.25, 0.3) is 0 Å². The zero-order valence-electron chi connectivity index (χ0n) is 16.0. The molecule has 1 saturated heterocycles. The van der Waals surface area contributed by atoms with Crippen LogP contribution in [-0.2, 0) is 9.59 Å². The second-order valence-corrected chi connectivity index (χ2v) is 7.63. The third-order valence-corrected chi connectivity index (χ3v) is 5.90. The van der Waals surface area contributed by atoms with Crippen LogP contribution in [0.1, 0.15) is 38.1 Å². The Labute approximate surface area is 158 Å². The average molecular weight is 365 g/mol. The van der Waals surface area contributed by atoms with E-state index < -0.39 is 0 Å². The van der Waals surface area contributed by atoms with E-state index in [1.807, 2.05) is 20.8 Å². The number of amides is 2. The number of carbonyl (C=O) groups excluding carboxylic acids is 3. The quantitative estimate of drug-likeness (QED) is 0.465. The maximum atomic E-state index is 13.3. The van der Waals surface area contributed by atoms with Gasteiger partial charge in [-0.15, -0.1) is 0 Å². The predicted octanol–water partition coefficient (Wildman–Crippen LogP) is 3.55. The van der Waals surface area contributed by atoms with Crippen molar-refractivity contribution in [2.45, 2.75) is 27.7 Å². The van der Waals surface area contributed by atoms with Crippen molar-refractivity contribution in [3.63, 3.8) is 0 Å². The highest BCUT2D eigenvalue weighted by Crippen LogP contribution is 2.57. The summed E-state index contributed by atoms with van der Waals surface area (Å²) in [5.41, 5.74) is 3.24. The van der Waals surface area contributed by atoms with E-state index >= 15 is 0 Å². The summed E-state index contributed by atoms with van der Waals surface area (Å²) in [5, 5.41) is 0. The molecule has 3 aliphatic rings. The number of carbonyl (C=O) groups is 3. The number of fused-ring (bicyclic) bond motifs is 5. The lowest BCUT2D eigenvalue weighted by Gasteiger charge is -2.22. The Morgan fingerprint density at radius 3 is 2.11 bits per heavy atom. The number of benzene rings is 1. The molecule has 4 rings (SSSR count). The molecule has 4 atom stereocenters. The summed E-state index contributed by atoms with van der Waals surface area (Å²) in [7, 11) is 0. The SMILES string of the molecule is CCOc1ccc(C(C)=O)cc1N1C(=O)[C@@H]2[C@@H](C1=O)[C@H]1C=C[C@@H]2C1=C(C)C. The second-order valence-electron chi connectivity index (χ2n) is 7.63. The number of hydrogen-bond donors (Lipinski definition) is 0. The molecule has 1 aromatic rings. The molecule has 2 amide bonds. The van der Waals surface area contributed by atoms with E-state index in [-0.39, 0.29) is 41.3 Å². The number of rotatable bonds is 4. The van der Waals surface area contributed by atoms with Crippen molar-refractivity contribution >= 4 is 23.3 Å². The maximum absolute atomic E-state index is 13.3. The van der Waals surface area contributed by atoms with E-state index in [4.69, 9.17) is 4.74 Å². The summed E-state index contributed by atoms with van der Waals surface area (Å²) < 4.78 is 5.65. The molecule has 5 nitrogen and oxygen atoms in total. The van der Waals surface area contributed by atoms with Crippen LogP contribution >= 0.6 is 0 Å². The molecule has 0 spiro atoms. The Morgan fingerprint density at radius 1 is 1.04 bits per heavy atom. The first-order valence-electron chi connectivity index (χ1n) is 9.38. The molecule has 1 aromatic carbocycles. The minimum Gasteiger partial charge on any atom is -0.492 e. The molecule has 27 heavy (non-hydrogen) atoms. The molecule has 5 heteroatoms. The first kappa shape index (κ1) is 17.7. The lowest BCUT2D eigenvalue weighted by atomic mass is 9.85. The van der Waals surface area contributed by atoms with Gasteiger partial charge in [0.2, 0.25) is 11.8 Å². The normalized spacial score (nSPS) is 28.1. The lowest BCUT2D eigenvalue weighted by Crippen LogP contribution is -2.33. The lowest BCUT2D eigenvalue weighted by molar-refractivity contribution is -0.123. The van der Waals surface area contributed by atoms with Crippen LogP contribution in [0.25, 0.3) is 0 Å². The second kappa shape index (κ2) is 6.19. The van der Waals surface area contributed by atoms with Crippen molar-refractivity contribution in [3.8, 4) is 5.75 Å². The van der Waals surface area contributed by atoms with Gasteiger partial charge >= 0.3 is 0 Å². The number of imide groups is 1. The van der Waals surface area contributed by atoms with Crippen molar-refractivity contribution in [3.05, 3.63) is 47.1 Å². The van der Waals surface area contributed by atoms with Crippen molar-refractivity contribution in [2.75, 3.05) is 11.5 Å². The van der Waals surface area contributed by atoms with Crippen LogP contribution in [0.5, 0.6) is 5.75 Å². The smallest absolute Gasteiger partial charge is 0.238 e. The standard InChI is InChI=1S/C22H23NO4/c1-5-27-17-9-6-13(12(4)24)10-16(17)23-21(25)19-14-7-8-15(18(14)11(2)3)20(19)22(23)26/h6-10,14-15,19-20H,5H2,1-4H3/t14-,15+,19-,20-/m0/s1. The average Bonchev–Trinajstić information content (AvgIpc) is 3.26. The summed E-state index contributed by atoms with van der Waals surface area (Å²) in [6, 6.07) is 4.93. The highest BCUT2D eigenvalue weighted by Gasteiger charge is 2.62. The Hall–Kier alpha value is -2.69. The third kappa shape index (κ3) is 2.41. The van der Waals surface area contributed by atoms with Gasteiger partial charge in [0.15, 0.2) is 5.78 Å². The summed E-state index contributed by atoms with van der Waals surface area (Å²) in [6.07, 6.45) is 4.14. The van der Waals surface area contributed by atoms with E-state index in [9.17, 15) is 14.4 Å². The number of allylic oxidation sites excluding steroid dienone is 4. The molecule has 2 fully saturated rings. The monoisotopic (exact) mass is 365 g/mol. The Bertz CT molecular complexity index is 888. The van der Waals surface area contributed by atoms with Gasteiger partial charge in [-0.05, 0) is 45.9 Å². The fraction of sp³-hybridized carbons (Fsp3) is 0.409. The van der Waals surface area contributed by atoms with Gasteiger partial charge in [0.05, 0.1) is 24.1 Å². The number of hydrogen-bond acceptors (Lipinski definition) is 4. The van der Waals surface area contributed by atoms with Crippen molar-refractivity contribution in [2.24, 2.45) is 23.7 Å². The van der Waals surface area contributed by atoms with Crippen molar-refractivity contribution < 1.29 is 19.1 Å². The van der Waals surface area contributed by atoms with Gasteiger partial charge in [-0.1, -0.05) is 23.3 Å². The zero-order valence-corrected chi connectivity index (χ0v) is 16.0. The zero-order chi connectivity index (χ0) is 19.5. The van der Waals surface area contributed by atoms with E-state index in [1.165, 1.54) is 23.0 Å². The topological polar surface area (TPSA) is 63.7 Å². The molecule has 1 heterocycles. The maximum Gasteiger partial charge on any atom is 0.238 e. The Kier molecular flexibility index (Phi) is 4.06. The highest BCUT2D eigenvalue weighted by atomic mass is 16.5. The number of ether oxygens (including phenoxy) is 1. The number of nitrogens with zero attached hydrogens (tertiary/aromatic N) is 1. The van der Waals surface area contributed by atoms with Crippen LogP contribution in [0, 0.1) is 23.7 Å². The van der Waals surface area contributed by atoms with Gasteiger partial charge in [-0.3, -0.25) is 14.4 Å². The highest BCUT2D eigenvalue weighted by molar-refractivity contribution is 6.24. The van der Waals surface area contributed by atoms with Crippen LogP contribution in [0.15, 0.2) is 41.5 Å². The minimum absolute atomic E-state index is 0.00187. The first-order chi connectivity index (χ1) is 12.9. The summed E-state index contributed by atoms with van der Waals surface area (Å²) >= 11 is 0. The largest absolute Gasteiger partial charge is 0.492 e. The van der Waals surface area contributed by atoms with Crippen LogP contribution in [0.2, 0.25) is 0 Å². The molecule has 0 N–H and O–H groups in total. The van der Waals surface area contributed by atoms with Gasteiger partial charge in [0.1, 0.15) is 5.75 Å². The number of Topliss-reactive ketones (excluding diaryl/α,β-unsaturated/α-hetero) is 1. The van der Waals surface area contributed by atoms with E-state index in [2.05, 4.69) is 12.2 Å². The van der Waals surface area contributed by atoms with Gasteiger partial charge < -0.3 is 4.74 Å². The molecular formula is C22H23NO4. The molecule has 2 bridgehead atoms. The van der Waals surface area contributed by atoms with Crippen LogP contribution in [0.3, 0.4) is 0 Å². The van der Waals surface area contributed by atoms with E-state index in [0.29, 0.717) is 23.6 Å². The number of ketones is 1. The summed E-state index contributed by atoms with van der Waals surface area (Å²) in [5.74, 6) is -0.764. The summed E-state index contributed by atoms with van der Waals surface area (Å²) in [6.45, 7) is 7.80. The molecule has 140 valence electrons. The molecule has 2 aliphatic carbocycles. The van der Waals surface area contributed by atoms with Gasteiger partial charge in [-0.25, -0.2) is 4.90 Å². The first-order valence-corrected chi connectivity index (χ1v) is 9.38. The molecule has 1 saturated carbocycles. The van der Waals surface area contributed by atoms with Crippen molar-refractivity contribution in [1.82, 2.24) is 0 Å². The predicted molar refractivity (Wildman–Crippen MR) is 102 cm³/mol. The van der Waals surface area contributed by atoms with Crippen LogP contribution in [0.4, 0.5) is 5.69 Å². The van der Waals surface area contributed by atoms with Crippen molar-refractivity contribution in [1.29, 1.82) is 0 Å². The Morgan fingerprint density at radius 2 is 1.63 bits per heavy atom. The molecular weight excluding hydrogens is 342 g/mol. The summed E-state index contributed by atoms with van der Waals surface area (Å²) in [4.78, 5) is 39.7. The Balaban J connectivity index is 1.79. The molecule has 0 aromatic heterocycles. The van der Waals surface area contributed by atoms with Crippen LogP contribution < -0.4 is 9.64 Å². The molecule has 0 radical (unpaired) electrons. The van der Waals surface area contributed by atoms with Gasteiger partial charge in [-0.2, -0.15) is 0 Å². The van der Waals surface area contributed by atoms with E-state index in [0.717, 1.165) is 0 Å². The fourth-order valence-electron chi connectivity index (χ4n) is 4.86. The molecule has 1 aliphatic heterocycles. The third-order valence-electron chi connectivity index (χ3n) is 5.90. The molecule has 0 unspecified atom stereocenters.